The molecule has 0 saturated heterocycles. The van der Waals surface area contributed by atoms with Crippen molar-refractivity contribution in [3.63, 3.8) is 0 Å². The first kappa shape index (κ1) is 191. The molecule has 7 heteroatoms. The van der Waals surface area contributed by atoms with Crippen molar-refractivity contribution < 1.29 is 229 Å². The zero-order valence-corrected chi connectivity index (χ0v) is 117. The molecule has 0 aromatic heterocycles. The molecule has 141 heavy (non-hydrogen) atoms. The van der Waals surface area contributed by atoms with Gasteiger partial charge in [0.25, 0.3) is 0 Å². The van der Waals surface area contributed by atoms with Crippen molar-refractivity contribution in [2.45, 2.75) is 370 Å². The zero-order valence-electron chi connectivity index (χ0n) is 97.2. The van der Waals surface area contributed by atoms with E-state index < -0.39 is 0 Å². The van der Waals surface area contributed by atoms with Gasteiger partial charge in [-0.3, -0.25) is 6.08 Å². The first-order valence-corrected chi connectivity index (χ1v) is 50.6. The van der Waals surface area contributed by atoms with E-state index in [9.17, 15) is 0 Å². The predicted octanol–water partition coefficient (Wildman–Crippen LogP) is 45.5. The molecule has 0 spiro atoms. The molecule has 11 aromatic rings. The van der Waals surface area contributed by atoms with Crippen LogP contribution in [0.5, 0.6) is 0 Å². The Labute approximate surface area is 1060 Å². The molecule has 0 aliphatic heterocycles. The largest absolute Gasteiger partial charge is 0.694 e. The quantitative estimate of drug-likeness (QED) is 0.120. The van der Waals surface area contributed by atoms with Gasteiger partial charge in [0.15, 0.2) is 0 Å². The molecule has 3 fully saturated rings. The molecule has 0 atom stereocenters. The minimum absolute atomic E-state index is 0. The van der Waals surface area contributed by atoms with Crippen molar-refractivity contribution in [3.8, 4) is 5.92 Å². The van der Waals surface area contributed by atoms with Crippen molar-refractivity contribution >= 4 is 0 Å². The van der Waals surface area contributed by atoms with E-state index in [1.165, 1.54) is 151 Å². The van der Waals surface area contributed by atoms with Crippen LogP contribution >= 0.6 is 0 Å². The maximum Gasteiger partial charge on any atom is 0.0202 e. The van der Waals surface area contributed by atoms with Crippen molar-refractivity contribution in [1.82, 2.24) is 0 Å². The number of allylic oxidation sites excluding steroid dienone is 1. The summed E-state index contributed by atoms with van der Waals surface area (Å²) in [4.78, 5) is 0. The average Bonchev–Trinajstić information content (AvgIpc) is 0.777. The summed E-state index contributed by atoms with van der Waals surface area (Å²) in [6.07, 6.45) is 36.6. The molecule has 781 valence electrons. The maximum atomic E-state index is 5.96. The molecule has 3 saturated carbocycles. The SMILES string of the molecule is C.C1CCCCC1.C1CCCCC1.CC.CC.CC(C)(C)C.CC(C)(C)C.CC(C)C.CC(C)C.CCC.CCC.C[C-](C)C.C[C-](C)C.C[CH-]C.[C-]#CC.[CH-]=CC.[CH2-]C.[CH2-]C.[Y].[Y].[Y].[Y].[Y].[Y].[Y].c1ccc(C2(c3ccccc3)CCCCC2)cc1.c1ccccc1.c1ccccc1.c1ccccc1.c1ccccc1.c1ccccc1.c1ccccc1.c1ccccc1.c1ccccc1.c1ccccc1. The van der Waals surface area contributed by atoms with Crippen molar-refractivity contribution in [1.29, 1.82) is 0 Å². The van der Waals surface area contributed by atoms with Gasteiger partial charge < -0.3 is 51.0 Å². The van der Waals surface area contributed by atoms with Gasteiger partial charge in [-0.2, -0.15) is 69.2 Å². The molecule has 0 unspecified atom stereocenters. The summed E-state index contributed by atoms with van der Waals surface area (Å²) >= 11 is 0. The fraction of sp³-hybridized carbons (Fsp3) is 0.440. The smallest absolute Gasteiger partial charge is 0.0202 e. The molecule has 0 heterocycles. The molecule has 0 amide bonds. The van der Waals surface area contributed by atoms with Gasteiger partial charge >= 0.3 is 0 Å². The normalized spacial score (nSPS) is 10.0. The van der Waals surface area contributed by atoms with Crippen LogP contribution in [0.25, 0.3) is 0 Å². The Bertz CT molecular complexity index is 2620. The Balaban J connectivity index is -0.0000000568. The van der Waals surface area contributed by atoms with Gasteiger partial charge in [-0.25, -0.2) is 0 Å². The standard InChI is InChI=1S/C18H20.2C6H12.9C6H6.2C5H12.2C4H10.2C4H9.2C3H8.C3H7.C3H5.C3H3.2C2H6.2C2H5.CH4.7Y/c1-4-10-16(11-5-1)18(14-8-3-9-15-18)17-12-6-2-7-13-17;11*1-2-4-6-5-3-1;2*1-5(2,3)4;4*1-4(2)3;5*1-3-2;4*1-2;;;;;;;;/h1-2,4-7,10-13H,3,8-9,14-15H2;2*1-6H2;9*1-6H;2*1-4H3;2*4H,1-3H3;2*1-3H3;2*3H2,1-2H3;3H,1-2H3;1,3H,2H3;1H3;2*1-2H3;2*1H2,2H3;1H4;;;;;;;/q;;;;;;;;;;;;;;;;2*-1;;;3*-1;;;2*-1;;;;;;;;. The van der Waals surface area contributed by atoms with Crippen molar-refractivity contribution in [2.75, 3.05) is 0 Å². The van der Waals surface area contributed by atoms with Gasteiger partial charge in [0, 0.05) is 234 Å². The summed E-state index contributed by atoms with van der Waals surface area (Å²) in [5, 5.41) is 0. The van der Waals surface area contributed by atoms with Crippen LogP contribution in [0.15, 0.2) is 394 Å². The molecule has 14 rings (SSSR count). The maximum absolute atomic E-state index is 5.96. The van der Waals surface area contributed by atoms with Gasteiger partial charge in [-0.15, -0.1) is 0 Å². The van der Waals surface area contributed by atoms with Crippen LogP contribution in [0.2, 0.25) is 0 Å². The number of hydrogen-bond donors (Lipinski definition) is 0. The summed E-state index contributed by atoms with van der Waals surface area (Å²) in [5.74, 6) is 6.50. The van der Waals surface area contributed by atoms with Gasteiger partial charge in [0.05, 0.1) is 0 Å². The Hall–Kier alpha value is -1.55. The van der Waals surface area contributed by atoms with E-state index in [4.69, 9.17) is 13.0 Å². The minimum atomic E-state index is 0. The van der Waals surface area contributed by atoms with Crippen LogP contribution in [-0.2, 0) is 234 Å². The molecular formula is C134H217Y7-7. The van der Waals surface area contributed by atoms with E-state index in [0.29, 0.717) is 10.8 Å². The van der Waals surface area contributed by atoms with Crippen LogP contribution in [0.3, 0.4) is 0 Å². The zero-order chi connectivity index (χ0) is 104. The van der Waals surface area contributed by atoms with Gasteiger partial charge in [-0.05, 0) is 53.6 Å². The van der Waals surface area contributed by atoms with Gasteiger partial charge in [0.2, 0.25) is 0 Å². The molecule has 3 aliphatic rings. The summed E-state index contributed by atoms with van der Waals surface area (Å²) in [7, 11) is 0. The van der Waals surface area contributed by atoms with Crippen LogP contribution < -0.4 is 0 Å². The van der Waals surface area contributed by atoms with E-state index in [1.54, 1.807) is 27.7 Å². The fourth-order valence-corrected chi connectivity index (χ4v) is 9.00. The van der Waals surface area contributed by atoms with Crippen LogP contribution in [0.1, 0.15) is 376 Å². The van der Waals surface area contributed by atoms with Crippen LogP contribution in [-0.4, -0.2) is 0 Å². The second-order valence-electron chi connectivity index (χ2n) is 35.0. The average molecular weight is 2450 g/mol. The summed E-state index contributed by atoms with van der Waals surface area (Å²) in [6, 6.07) is 130. The molecular weight excluding hydrogens is 2230 g/mol. The van der Waals surface area contributed by atoms with Crippen LogP contribution in [0.4, 0.5) is 0 Å². The fourth-order valence-electron chi connectivity index (χ4n) is 9.00. The number of benzene rings is 11. The Morgan fingerprint density at radius 3 is 0.418 bits per heavy atom. The predicted molar refractivity (Wildman–Crippen MR) is 628 cm³/mol. The third-order valence-electron chi connectivity index (χ3n) is 13.4. The van der Waals surface area contributed by atoms with E-state index in [2.05, 4.69) is 241 Å². The first-order valence-electron chi connectivity index (χ1n) is 50.6. The Kier molecular flexibility index (Phi) is 244. The van der Waals surface area contributed by atoms with Crippen LogP contribution in [0, 0.1) is 73.7 Å². The third-order valence-corrected chi connectivity index (χ3v) is 13.4. The second-order valence-corrected chi connectivity index (χ2v) is 35.0. The van der Waals surface area contributed by atoms with E-state index in [1.807, 2.05) is 381 Å². The van der Waals surface area contributed by atoms with E-state index >= 15 is 0 Å². The van der Waals surface area contributed by atoms with E-state index in [0.717, 1.165) is 11.8 Å². The number of rotatable bonds is 2. The molecule has 7 radical (unpaired) electrons. The summed E-state index contributed by atoms with van der Waals surface area (Å²) in [6.45, 7) is 81.5. The molecule has 3 aliphatic carbocycles. The summed E-state index contributed by atoms with van der Waals surface area (Å²) in [5.41, 5.74) is 4.26. The Morgan fingerprint density at radius 2 is 0.348 bits per heavy atom. The molecule has 0 nitrogen and oxygen atoms in total. The van der Waals surface area contributed by atoms with Crippen molar-refractivity contribution in [2.24, 2.45) is 22.7 Å². The van der Waals surface area contributed by atoms with Crippen molar-refractivity contribution in [3.05, 3.63) is 451 Å². The molecule has 0 N–H and O–H groups in total. The van der Waals surface area contributed by atoms with Gasteiger partial charge in [-0.1, -0.05) is 664 Å². The number of hydrogen-bond acceptors (Lipinski definition) is 0. The Morgan fingerprint density at radius 1 is 0.291 bits per heavy atom. The molecule has 0 bridgehead atoms. The first-order chi connectivity index (χ1) is 63.9. The van der Waals surface area contributed by atoms with E-state index in [-0.39, 0.29) is 242 Å². The second kappa shape index (κ2) is 180. The molecule has 11 aromatic carbocycles. The topological polar surface area (TPSA) is 0 Å². The third kappa shape index (κ3) is 246. The summed E-state index contributed by atoms with van der Waals surface area (Å²) < 4.78 is 0. The van der Waals surface area contributed by atoms with Gasteiger partial charge in [0.1, 0.15) is 0 Å². The monoisotopic (exact) mass is 2450 g/mol. The minimum Gasteiger partial charge on any atom is -0.694 e.